The largest absolute Gasteiger partial charge is 0.484 e. The molecule has 2 aromatic carbocycles. The molecule has 0 radical (unpaired) electrons. The fourth-order valence-corrected chi connectivity index (χ4v) is 3.69. The highest BCUT2D eigenvalue weighted by Gasteiger charge is 2.39. The Bertz CT molecular complexity index is 1280. The molecule has 2 aromatic heterocycles. The number of rotatable bonds is 3. The van der Waals surface area contributed by atoms with Crippen molar-refractivity contribution in [2.24, 2.45) is 0 Å². The fraction of sp³-hybridized carbons (Fsp3) is 0.208. The first kappa shape index (κ1) is 18.4. The molecule has 0 bridgehead atoms. The van der Waals surface area contributed by atoms with Gasteiger partial charge in [0.25, 0.3) is 0 Å². The minimum absolute atomic E-state index is 0.253. The van der Waals surface area contributed by atoms with E-state index in [1.165, 1.54) is 12.4 Å². The van der Waals surface area contributed by atoms with Gasteiger partial charge in [0.05, 0.1) is 5.69 Å². The summed E-state index contributed by atoms with van der Waals surface area (Å²) in [4.78, 5) is 20.2. The van der Waals surface area contributed by atoms with Gasteiger partial charge in [-0.15, -0.1) is 0 Å². The van der Waals surface area contributed by atoms with Gasteiger partial charge in [0.1, 0.15) is 29.4 Å². The SMILES string of the molecule is CC1(C)Oc2cc3oc(=O)ccc3cc2C[C@@H]1Oc1cc(-c2ccccc2)ncn1. The van der Waals surface area contributed by atoms with Crippen LogP contribution in [-0.4, -0.2) is 21.7 Å². The first-order valence-corrected chi connectivity index (χ1v) is 9.78. The summed E-state index contributed by atoms with van der Waals surface area (Å²) < 4.78 is 17.8. The van der Waals surface area contributed by atoms with Crippen LogP contribution < -0.4 is 15.1 Å². The summed E-state index contributed by atoms with van der Waals surface area (Å²) >= 11 is 0. The van der Waals surface area contributed by atoms with Gasteiger partial charge >= 0.3 is 5.63 Å². The van der Waals surface area contributed by atoms with Gasteiger partial charge in [-0.1, -0.05) is 30.3 Å². The second-order valence-electron chi connectivity index (χ2n) is 7.88. The Labute approximate surface area is 173 Å². The van der Waals surface area contributed by atoms with E-state index in [4.69, 9.17) is 13.9 Å². The van der Waals surface area contributed by atoms with E-state index in [-0.39, 0.29) is 11.7 Å². The Kier molecular flexibility index (Phi) is 4.28. The third-order valence-electron chi connectivity index (χ3n) is 5.33. The highest BCUT2D eigenvalue weighted by molar-refractivity contribution is 5.79. The lowest BCUT2D eigenvalue weighted by Gasteiger charge is -2.39. The maximum absolute atomic E-state index is 11.5. The van der Waals surface area contributed by atoms with Crippen LogP contribution in [0, 0.1) is 0 Å². The summed E-state index contributed by atoms with van der Waals surface area (Å²) in [7, 11) is 0. The van der Waals surface area contributed by atoms with Crippen molar-refractivity contribution in [1.82, 2.24) is 9.97 Å². The molecular formula is C24H20N2O4. The molecule has 150 valence electrons. The van der Waals surface area contributed by atoms with E-state index < -0.39 is 5.60 Å². The predicted molar refractivity (Wildman–Crippen MR) is 113 cm³/mol. The lowest BCUT2D eigenvalue weighted by atomic mass is 9.90. The molecular weight excluding hydrogens is 380 g/mol. The Morgan fingerprint density at radius 1 is 1.03 bits per heavy atom. The third kappa shape index (κ3) is 3.41. The van der Waals surface area contributed by atoms with Gasteiger partial charge in [0.15, 0.2) is 0 Å². The molecule has 0 saturated carbocycles. The van der Waals surface area contributed by atoms with Crippen LogP contribution in [0.3, 0.4) is 0 Å². The Balaban J connectivity index is 1.46. The average Bonchev–Trinajstić information content (AvgIpc) is 2.74. The maximum Gasteiger partial charge on any atom is 0.336 e. The summed E-state index contributed by atoms with van der Waals surface area (Å²) in [6.07, 6.45) is 1.90. The van der Waals surface area contributed by atoms with E-state index in [1.54, 1.807) is 12.1 Å². The fourth-order valence-electron chi connectivity index (χ4n) is 3.69. The van der Waals surface area contributed by atoms with E-state index in [0.29, 0.717) is 23.6 Å². The first-order chi connectivity index (χ1) is 14.5. The second-order valence-corrected chi connectivity index (χ2v) is 7.88. The van der Waals surface area contributed by atoms with Crippen molar-refractivity contribution >= 4 is 11.0 Å². The van der Waals surface area contributed by atoms with Crippen LogP contribution in [0.25, 0.3) is 22.2 Å². The quantitative estimate of drug-likeness (QED) is 0.474. The lowest BCUT2D eigenvalue weighted by molar-refractivity contribution is -0.0287. The summed E-state index contributed by atoms with van der Waals surface area (Å²) in [5.74, 6) is 1.20. The van der Waals surface area contributed by atoms with Crippen LogP contribution in [-0.2, 0) is 6.42 Å². The zero-order valence-electron chi connectivity index (χ0n) is 16.7. The standard InChI is InChI=1S/C24H20N2O4/c1-24(2)21(29-22-12-18(25-14-26-22)15-6-4-3-5-7-15)11-17-10-16-8-9-23(27)28-19(16)13-20(17)30-24/h3-10,12-14,21H,11H2,1-2H3/t21-/m0/s1. The number of ether oxygens (including phenoxy) is 2. The highest BCUT2D eigenvalue weighted by atomic mass is 16.6. The van der Waals surface area contributed by atoms with Crippen LogP contribution in [0.5, 0.6) is 11.6 Å². The summed E-state index contributed by atoms with van der Waals surface area (Å²) in [6.45, 7) is 3.95. The molecule has 30 heavy (non-hydrogen) atoms. The molecule has 3 heterocycles. The van der Waals surface area contributed by atoms with Crippen molar-refractivity contribution in [3.63, 3.8) is 0 Å². The van der Waals surface area contributed by atoms with Gasteiger partial charge in [0, 0.05) is 35.6 Å². The number of aromatic nitrogens is 2. The van der Waals surface area contributed by atoms with Crippen LogP contribution in [0.2, 0.25) is 0 Å². The molecule has 1 aliphatic rings. The first-order valence-electron chi connectivity index (χ1n) is 9.78. The van der Waals surface area contributed by atoms with E-state index in [9.17, 15) is 4.79 Å². The molecule has 0 unspecified atom stereocenters. The summed E-state index contributed by atoms with van der Waals surface area (Å²) in [5, 5.41) is 0.851. The van der Waals surface area contributed by atoms with E-state index >= 15 is 0 Å². The summed E-state index contributed by atoms with van der Waals surface area (Å²) in [5.41, 5.74) is 2.33. The Morgan fingerprint density at radius 3 is 2.70 bits per heavy atom. The molecule has 0 spiro atoms. The van der Waals surface area contributed by atoms with Crippen LogP contribution >= 0.6 is 0 Å². The molecule has 0 N–H and O–H groups in total. The smallest absolute Gasteiger partial charge is 0.336 e. The molecule has 0 saturated heterocycles. The normalized spacial score (nSPS) is 17.2. The number of hydrogen-bond acceptors (Lipinski definition) is 6. The molecule has 6 nitrogen and oxygen atoms in total. The number of fused-ring (bicyclic) bond motifs is 2. The van der Waals surface area contributed by atoms with E-state index in [2.05, 4.69) is 9.97 Å². The summed E-state index contributed by atoms with van der Waals surface area (Å²) in [6, 6.07) is 18.7. The molecule has 4 aromatic rings. The van der Waals surface area contributed by atoms with E-state index in [1.807, 2.05) is 56.3 Å². The van der Waals surface area contributed by atoms with Crippen LogP contribution in [0.4, 0.5) is 0 Å². The lowest BCUT2D eigenvalue weighted by Crippen LogP contribution is -2.49. The average molecular weight is 400 g/mol. The van der Waals surface area contributed by atoms with Gasteiger partial charge in [-0.3, -0.25) is 0 Å². The van der Waals surface area contributed by atoms with Crippen molar-refractivity contribution in [1.29, 1.82) is 0 Å². The number of nitrogens with zero attached hydrogens (tertiary/aromatic N) is 2. The topological polar surface area (TPSA) is 74.5 Å². The van der Waals surface area contributed by atoms with Gasteiger partial charge in [-0.05, 0) is 31.5 Å². The molecule has 1 aliphatic heterocycles. The zero-order valence-corrected chi connectivity index (χ0v) is 16.7. The van der Waals surface area contributed by atoms with Crippen molar-refractivity contribution in [3.8, 4) is 22.9 Å². The minimum atomic E-state index is -0.604. The van der Waals surface area contributed by atoms with Gasteiger partial charge in [0.2, 0.25) is 5.88 Å². The van der Waals surface area contributed by atoms with Crippen LogP contribution in [0.15, 0.2) is 76.2 Å². The van der Waals surface area contributed by atoms with Crippen molar-refractivity contribution in [2.45, 2.75) is 32.0 Å². The van der Waals surface area contributed by atoms with E-state index in [0.717, 1.165) is 22.2 Å². The van der Waals surface area contributed by atoms with Crippen molar-refractivity contribution < 1.29 is 13.9 Å². The van der Waals surface area contributed by atoms with Crippen LogP contribution in [0.1, 0.15) is 19.4 Å². The van der Waals surface area contributed by atoms with Gasteiger partial charge < -0.3 is 13.9 Å². The molecule has 0 aliphatic carbocycles. The number of benzene rings is 2. The molecule has 0 fully saturated rings. The predicted octanol–water partition coefficient (Wildman–Crippen LogP) is 4.41. The van der Waals surface area contributed by atoms with Crippen molar-refractivity contribution in [2.75, 3.05) is 0 Å². The maximum atomic E-state index is 11.5. The Morgan fingerprint density at radius 2 is 1.87 bits per heavy atom. The second kappa shape index (κ2) is 6.99. The van der Waals surface area contributed by atoms with Crippen molar-refractivity contribution in [3.05, 3.63) is 83.0 Å². The monoisotopic (exact) mass is 400 g/mol. The minimum Gasteiger partial charge on any atom is -0.484 e. The molecule has 0 amide bonds. The third-order valence-corrected chi connectivity index (χ3v) is 5.33. The Hall–Kier alpha value is -3.67. The zero-order chi connectivity index (χ0) is 20.7. The molecule has 6 heteroatoms. The molecule has 1 atom stereocenters. The highest BCUT2D eigenvalue weighted by Crippen LogP contribution is 2.37. The van der Waals surface area contributed by atoms with Gasteiger partial charge in [-0.2, -0.15) is 0 Å². The molecule has 5 rings (SSSR count). The van der Waals surface area contributed by atoms with Gasteiger partial charge in [-0.25, -0.2) is 14.8 Å². The number of hydrogen-bond donors (Lipinski definition) is 0.